The molecule has 0 saturated carbocycles. The number of rotatable bonds is 4. The molecule has 2 atom stereocenters. The molecule has 1 aliphatic carbocycles. The Labute approximate surface area is 229 Å². The number of H-pyrrole nitrogens is 1. The summed E-state index contributed by atoms with van der Waals surface area (Å²) >= 11 is 0. The maximum Gasteiger partial charge on any atom is 0.250 e. The van der Waals surface area contributed by atoms with Crippen molar-refractivity contribution in [2.45, 2.75) is 65.6 Å². The number of allylic oxidation sites excluding steroid dienone is 3. The van der Waals surface area contributed by atoms with Gasteiger partial charge in [-0.05, 0) is 42.0 Å². The highest BCUT2D eigenvalue weighted by Gasteiger charge is 2.40. The number of halogens is 1. The summed E-state index contributed by atoms with van der Waals surface area (Å²) < 4.78 is 15.8. The molecule has 2 aromatic rings. The van der Waals surface area contributed by atoms with Gasteiger partial charge in [-0.1, -0.05) is 38.5 Å². The van der Waals surface area contributed by atoms with Crippen LogP contribution in [0.2, 0.25) is 0 Å². The predicted molar refractivity (Wildman–Crippen MR) is 147 cm³/mol. The van der Waals surface area contributed by atoms with E-state index in [1.165, 1.54) is 5.57 Å². The van der Waals surface area contributed by atoms with Gasteiger partial charge < -0.3 is 14.8 Å². The van der Waals surface area contributed by atoms with Crippen LogP contribution in [-0.2, 0) is 28.2 Å². The Morgan fingerprint density at radius 2 is 1.82 bits per heavy atom. The highest BCUT2D eigenvalue weighted by molar-refractivity contribution is 5.98. The molecule has 2 unspecified atom stereocenters. The van der Waals surface area contributed by atoms with E-state index in [4.69, 9.17) is 10.2 Å². The molecule has 7 nitrogen and oxygen atoms in total. The van der Waals surface area contributed by atoms with Crippen molar-refractivity contribution < 1.29 is 14.0 Å². The Morgan fingerprint density at radius 1 is 1.13 bits per heavy atom. The number of piperidine rings is 1. The van der Waals surface area contributed by atoms with Crippen molar-refractivity contribution in [1.29, 1.82) is 5.26 Å². The van der Waals surface area contributed by atoms with Gasteiger partial charge in [0.25, 0.3) is 0 Å². The molecule has 1 saturated heterocycles. The molecule has 1 N–H and O–H groups in total. The molecule has 1 fully saturated rings. The van der Waals surface area contributed by atoms with E-state index in [9.17, 15) is 9.59 Å². The Bertz CT molecular complexity index is 1390. The zero-order valence-electron chi connectivity index (χ0n) is 23.2. The van der Waals surface area contributed by atoms with Crippen molar-refractivity contribution in [3.63, 3.8) is 0 Å². The average molecular weight is 530 g/mol. The van der Waals surface area contributed by atoms with Crippen LogP contribution >= 0.6 is 0 Å². The number of carbonyl (C=O) groups excluding carboxylic acids is 2. The second kappa shape index (κ2) is 10.4. The smallest absolute Gasteiger partial charge is 0.250 e. The van der Waals surface area contributed by atoms with Crippen molar-refractivity contribution in [3.05, 3.63) is 69.8 Å². The number of alkyl halides is 1. The molecule has 0 radical (unpaired) electrons. The fourth-order valence-electron chi connectivity index (χ4n) is 6.25. The van der Waals surface area contributed by atoms with Gasteiger partial charge in [-0.15, -0.1) is 0 Å². The fraction of sp³-hybridized carbons (Fsp3) is 0.484. The molecular formula is C31H36FN5O2. The summed E-state index contributed by atoms with van der Waals surface area (Å²) in [6.07, 6.45) is 4.00. The van der Waals surface area contributed by atoms with E-state index in [2.05, 4.69) is 31.8 Å². The number of hydrogen-bond donors (Lipinski definition) is 1. The molecule has 2 aliphatic heterocycles. The van der Waals surface area contributed by atoms with Crippen LogP contribution in [0.15, 0.2) is 41.5 Å². The number of amides is 2. The van der Waals surface area contributed by atoms with Crippen LogP contribution in [-0.4, -0.2) is 51.2 Å². The van der Waals surface area contributed by atoms with Crippen LogP contribution in [0, 0.1) is 23.2 Å². The fourth-order valence-corrected chi connectivity index (χ4v) is 6.25. The zero-order chi connectivity index (χ0) is 27.9. The van der Waals surface area contributed by atoms with E-state index in [1.54, 1.807) is 36.1 Å². The molecule has 2 amide bonds. The maximum atomic E-state index is 15.8. The highest BCUT2D eigenvalue weighted by Crippen LogP contribution is 2.42. The second-order valence-electron chi connectivity index (χ2n) is 11.1. The Morgan fingerprint density at radius 3 is 2.44 bits per heavy atom. The number of imidazole rings is 1. The van der Waals surface area contributed by atoms with E-state index in [-0.39, 0.29) is 36.5 Å². The summed E-state index contributed by atoms with van der Waals surface area (Å²) in [7, 11) is 0. The lowest BCUT2D eigenvalue weighted by atomic mass is 9.74. The molecule has 39 heavy (non-hydrogen) atoms. The first kappa shape index (κ1) is 26.9. The number of carbonyl (C=O) groups is 2. The predicted octanol–water partition coefficient (Wildman–Crippen LogP) is 5.05. The van der Waals surface area contributed by atoms with Gasteiger partial charge in [-0.3, -0.25) is 9.59 Å². The van der Waals surface area contributed by atoms with Crippen molar-refractivity contribution in [1.82, 2.24) is 19.8 Å². The number of hydrogen-bond acceptors (Lipinski definition) is 4. The molecule has 8 heteroatoms. The van der Waals surface area contributed by atoms with Gasteiger partial charge in [0.15, 0.2) is 0 Å². The summed E-state index contributed by atoms with van der Waals surface area (Å²) in [5.41, 5.74) is 4.46. The lowest BCUT2D eigenvalue weighted by Gasteiger charge is -2.39. The van der Waals surface area contributed by atoms with Crippen molar-refractivity contribution in [2.75, 3.05) is 19.6 Å². The summed E-state index contributed by atoms with van der Waals surface area (Å²) in [6.45, 7) is 9.83. The normalized spacial score (nSPS) is 22.7. The van der Waals surface area contributed by atoms with Crippen LogP contribution in [0.25, 0.3) is 5.57 Å². The minimum Gasteiger partial charge on any atom is -0.340 e. The van der Waals surface area contributed by atoms with E-state index in [0.29, 0.717) is 43.7 Å². The van der Waals surface area contributed by atoms with Gasteiger partial charge in [-0.25, -0.2) is 9.37 Å². The lowest BCUT2D eigenvalue weighted by Crippen LogP contribution is -2.45. The Balaban J connectivity index is 1.38. The number of nitrogens with zero attached hydrogens (tertiary/aromatic N) is 4. The number of aromatic nitrogens is 2. The van der Waals surface area contributed by atoms with Crippen LogP contribution in [0.5, 0.6) is 0 Å². The third-order valence-corrected chi connectivity index (χ3v) is 8.97. The number of aromatic amines is 1. The first-order valence-electron chi connectivity index (χ1n) is 13.9. The monoisotopic (exact) mass is 529 g/mol. The molecule has 3 heterocycles. The van der Waals surface area contributed by atoms with Gasteiger partial charge in [-0.2, -0.15) is 5.26 Å². The quantitative estimate of drug-likeness (QED) is 0.600. The van der Waals surface area contributed by atoms with E-state index in [1.807, 2.05) is 11.0 Å². The number of fused-ring (bicyclic) bond motifs is 1. The maximum absolute atomic E-state index is 15.8. The van der Waals surface area contributed by atoms with Crippen LogP contribution in [0.4, 0.5) is 4.39 Å². The van der Waals surface area contributed by atoms with Crippen molar-refractivity contribution >= 4 is 17.4 Å². The summed E-state index contributed by atoms with van der Waals surface area (Å²) in [5, 5.41) is 9.04. The van der Waals surface area contributed by atoms with E-state index < -0.39 is 5.67 Å². The standard InChI is InChI=1S/C31H36FN5O2/c1-5-24-19(2)20(3)25(16-26(24)29-34-27-10-13-37(21(4)38)18-28(27)35-29)30(39)36-14-11-31(32,12-15-36)23-8-6-22(17-33)7-9-23/h6-9,16,19-20H,5,10-15,18H2,1-4H3,(H,34,35). The van der Waals surface area contributed by atoms with Gasteiger partial charge in [0.2, 0.25) is 11.8 Å². The first-order chi connectivity index (χ1) is 18.6. The van der Waals surface area contributed by atoms with Crippen LogP contribution in [0.3, 0.4) is 0 Å². The van der Waals surface area contributed by atoms with Crippen molar-refractivity contribution in [3.8, 4) is 6.07 Å². The molecule has 0 bridgehead atoms. The number of nitrogens with one attached hydrogen (secondary N) is 1. The lowest BCUT2D eigenvalue weighted by molar-refractivity contribution is -0.131. The first-order valence-corrected chi connectivity index (χ1v) is 13.9. The van der Waals surface area contributed by atoms with Gasteiger partial charge in [0.05, 0.1) is 29.6 Å². The summed E-state index contributed by atoms with van der Waals surface area (Å²) in [4.78, 5) is 37.7. The molecule has 0 spiro atoms. The number of benzene rings is 1. The molecule has 204 valence electrons. The van der Waals surface area contributed by atoms with E-state index in [0.717, 1.165) is 34.8 Å². The highest BCUT2D eigenvalue weighted by atomic mass is 19.1. The minimum atomic E-state index is -1.51. The molecule has 1 aromatic carbocycles. The largest absolute Gasteiger partial charge is 0.340 e. The second-order valence-corrected chi connectivity index (χ2v) is 11.1. The number of nitriles is 1. The Hall–Kier alpha value is -3.73. The van der Waals surface area contributed by atoms with Crippen molar-refractivity contribution in [2.24, 2.45) is 11.8 Å². The topological polar surface area (TPSA) is 93.1 Å². The Kier molecular flexibility index (Phi) is 7.19. The molecule has 5 rings (SSSR count). The number of likely N-dealkylation sites (tertiary alicyclic amines) is 1. The molecular weight excluding hydrogens is 493 g/mol. The van der Waals surface area contributed by atoms with Gasteiger partial charge >= 0.3 is 0 Å². The third-order valence-electron chi connectivity index (χ3n) is 8.97. The van der Waals surface area contributed by atoms with Gasteiger partial charge in [0.1, 0.15) is 11.5 Å². The SMILES string of the molecule is CCC1=C(c2nc3c([nH]2)CN(C(C)=O)CC3)C=C(C(=O)N2CCC(F)(c3ccc(C#N)cc3)CC2)C(C)C1C. The van der Waals surface area contributed by atoms with Crippen LogP contribution in [0.1, 0.15) is 75.3 Å². The summed E-state index contributed by atoms with van der Waals surface area (Å²) in [6, 6.07) is 8.74. The zero-order valence-corrected chi connectivity index (χ0v) is 23.2. The third kappa shape index (κ3) is 4.91. The van der Waals surface area contributed by atoms with Crippen LogP contribution < -0.4 is 0 Å². The average Bonchev–Trinajstić information content (AvgIpc) is 3.38. The molecule has 1 aromatic heterocycles. The van der Waals surface area contributed by atoms with E-state index >= 15 is 4.39 Å². The van der Waals surface area contributed by atoms with Gasteiger partial charge in [0, 0.05) is 57.0 Å². The minimum absolute atomic E-state index is 0.0320. The molecule has 3 aliphatic rings. The summed E-state index contributed by atoms with van der Waals surface area (Å²) in [5.74, 6) is 0.964.